The fourth-order valence-corrected chi connectivity index (χ4v) is 10.6. The standard InChI is InChI=1S/C32H40O8/c1-13-7-23-18(14(2)28(36)39-23)8-20-16(4)26-27(38-17(5)33)31(13,20)12-32(26)21-9-19-15(3)22(34)10-25(35)30(19,6)11-24(21)40-29(32)37/h9,13,15,18,21-27,34-35H,2,7-8,10-12H2,1,3-6H3/t13-,15+,18+,21-,22-,23-,24+,25+,26+,27?,30+,31-,32-/m1/s1. The quantitative estimate of drug-likeness (QED) is 0.220. The van der Waals surface area contributed by atoms with Gasteiger partial charge in [0.05, 0.1) is 17.6 Å². The summed E-state index contributed by atoms with van der Waals surface area (Å²) in [5.74, 6) is -1.87. The Labute approximate surface area is 234 Å². The molecule has 1 unspecified atom stereocenters. The normalized spacial score (nSPS) is 52.4. The maximum absolute atomic E-state index is 14.2. The summed E-state index contributed by atoms with van der Waals surface area (Å²) in [6.07, 6.45) is 2.07. The van der Waals surface area contributed by atoms with Gasteiger partial charge in [0.1, 0.15) is 18.3 Å². The molecule has 2 spiro atoms. The van der Waals surface area contributed by atoms with Crippen molar-refractivity contribution in [3.8, 4) is 0 Å². The van der Waals surface area contributed by atoms with Gasteiger partial charge in [-0.05, 0) is 38.5 Å². The first-order chi connectivity index (χ1) is 18.8. The zero-order valence-corrected chi connectivity index (χ0v) is 23.9. The Balaban J connectivity index is 1.39. The molecule has 5 fully saturated rings. The van der Waals surface area contributed by atoms with Crippen LogP contribution in [0, 0.1) is 45.8 Å². The van der Waals surface area contributed by atoms with Crippen molar-refractivity contribution in [2.24, 2.45) is 45.8 Å². The Kier molecular flexibility index (Phi) is 5.35. The van der Waals surface area contributed by atoms with Gasteiger partial charge in [0.15, 0.2) is 0 Å². The Morgan fingerprint density at radius 1 is 1.12 bits per heavy atom. The Morgan fingerprint density at radius 3 is 2.55 bits per heavy atom. The van der Waals surface area contributed by atoms with Gasteiger partial charge in [-0.25, -0.2) is 4.79 Å². The van der Waals surface area contributed by atoms with E-state index in [4.69, 9.17) is 14.2 Å². The van der Waals surface area contributed by atoms with E-state index >= 15 is 0 Å². The largest absolute Gasteiger partial charge is 0.461 e. The molecule has 5 aliphatic carbocycles. The lowest BCUT2D eigenvalue weighted by Gasteiger charge is -2.51. The topological polar surface area (TPSA) is 119 Å². The van der Waals surface area contributed by atoms with Gasteiger partial charge in [0, 0.05) is 53.4 Å². The SMILES string of the molecule is C=C1C(=O)O[C@@H]2C[C@@H](C)[C@]34C[C@]5(C(=O)O[C@H]6C[C@@]7(C)C(=C[C@H]65)[C@H](C)[C@H](O)C[C@@H]7O)[C@@H](C(C)=C3C[C@@H]12)C4OC(C)=O. The van der Waals surface area contributed by atoms with E-state index in [1.54, 1.807) is 0 Å². The van der Waals surface area contributed by atoms with E-state index in [1.807, 2.05) is 13.8 Å². The van der Waals surface area contributed by atoms with Crippen LogP contribution in [0.1, 0.15) is 66.7 Å². The fourth-order valence-electron chi connectivity index (χ4n) is 10.6. The van der Waals surface area contributed by atoms with Gasteiger partial charge in [-0.1, -0.05) is 50.1 Å². The molecule has 8 nitrogen and oxygen atoms in total. The number of hydrogen-bond acceptors (Lipinski definition) is 8. The summed E-state index contributed by atoms with van der Waals surface area (Å²) in [5, 5.41) is 21.8. The first-order valence-electron chi connectivity index (χ1n) is 14.8. The number of hydrogen-bond donors (Lipinski definition) is 2. The van der Waals surface area contributed by atoms with Crippen LogP contribution in [0.4, 0.5) is 0 Å². The molecule has 2 N–H and O–H groups in total. The average Bonchev–Trinajstić information content (AvgIpc) is 3.45. The number of esters is 3. The third-order valence-electron chi connectivity index (χ3n) is 12.6. The van der Waals surface area contributed by atoms with Crippen LogP contribution in [-0.2, 0) is 28.6 Å². The molecule has 0 aromatic rings. The number of carbonyl (C=O) groups is 3. The highest BCUT2D eigenvalue weighted by Crippen LogP contribution is 2.76. The summed E-state index contributed by atoms with van der Waals surface area (Å²) in [4.78, 5) is 39.2. The fraction of sp³-hybridized carbons (Fsp3) is 0.719. The molecule has 40 heavy (non-hydrogen) atoms. The molecule has 7 aliphatic rings. The van der Waals surface area contributed by atoms with Gasteiger partial charge in [-0.3, -0.25) is 9.59 Å². The second kappa shape index (κ2) is 8.09. The van der Waals surface area contributed by atoms with Crippen LogP contribution in [0.3, 0.4) is 0 Å². The molecule has 2 aliphatic heterocycles. The molecule has 0 aromatic carbocycles. The molecule has 7 rings (SSSR count). The lowest BCUT2D eigenvalue weighted by Crippen LogP contribution is -2.52. The van der Waals surface area contributed by atoms with Crippen LogP contribution < -0.4 is 0 Å². The smallest absolute Gasteiger partial charge is 0.334 e. The van der Waals surface area contributed by atoms with Gasteiger partial charge < -0.3 is 24.4 Å². The van der Waals surface area contributed by atoms with Crippen molar-refractivity contribution in [2.75, 3.05) is 0 Å². The first kappa shape index (κ1) is 26.4. The predicted octanol–water partition coefficient (Wildman–Crippen LogP) is 3.41. The highest BCUT2D eigenvalue weighted by molar-refractivity contribution is 5.91. The van der Waals surface area contributed by atoms with E-state index < -0.39 is 40.7 Å². The number of fused-ring (bicyclic) bond motifs is 6. The minimum absolute atomic E-state index is 0.0227. The molecule has 2 bridgehead atoms. The third-order valence-corrected chi connectivity index (χ3v) is 12.6. The highest BCUT2D eigenvalue weighted by Gasteiger charge is 2.79. The summed E-state index contributed by atoms with van der Waals surface area (Å²) >= 11 is 0. The zero-order chi connectivity index (χ0) is 28.7. The lowest BCUT2D eigenvalue weighted by molar-refractivity contribution is -0.156. The van der Waals surface area contributed by atoms with Gasteiger partial charge in [-0.15, -0.1) is 0 Å². The van der Waals surface area contributed by atoms with E-state index in [1.165, 1.54) is 12.5 Å². The van der Waals surface area contributed by atoms with Crippen molar-refractivity contribution in [1.82, 2.24) is 0 Å². The summed E-state index contributed by atoms with van der Waals surface area (Å²) in [6, 6.07) is 0. The zero-order valence-electron chi connectivity index (χ0n) is 23.9. The second-order valence-corrected chi connectivity index (χ2v) is 14.2. The highest BCUT2D eigenvalue weighted by atomic mass is 16.6. The second-order valence-electron chi connectivity index (χ2n) is 14.2. The van der Waals surface area contributed by atoms with Crippen molar-refractivity contribution in [2.45, 2.75) is 97.2 Å². The monoisotopic (exact) mass is 552 g/mol. The lowest BCUT2D eigenvalue weighted by atomic mass is 9.52. The van der Waals surface area contributed by atoms with Crippen LogP contribution in [-0.4, -0.2) is 58.6 Å². The minimum atomic E-state index is -0.916. The Hall–Kier alpha value is -2.45. The van der Waals surface area contributed by atoms with Crippen molar-refractivity contribution >= 4 is 17.9 Å². The third kappa shape index (κ3) is 2.92. The van der Waals surface area contributed by atoms with E-state index in [9.17, 15) is 24.6 Å². The van der Waals surface area contributed by atoms with Gasteiger partial charge >= 0.3 is 17.9 Å². The number of aliphatic hydroxyl groups excluding tert-OH is 2. The predicted molar refractivity (Wildman–Crippen MR) is 142 cm³/mol. The molecule has 2 saturated heterocycles. The summed E-state index contributed by atoms with van der Waals surface area (Å²) < 4.78 is 18.2. The Morgan fingerprint density at radius 2 is 1.85 bits per heavy atom. The van der Waals surface area contributed by atoms with Crippen molar-refractivity contribution < 1.29 is 38.8 Å². The summed E-state index contributed by atoms with van der Waals surface area (Å²) in [6.45, 7) is 13.7. The average molecular weight is 553 g/mol. The molecule has 13 atom stereocenters. The maximum Gasteiger partial charge on any atom is 0.334 e. The van der Waals surface area contributed by atoms with Crippen LogP contribution in [0.15, 0.2) is 34.9 Å². The molecule has 2 heterocycles. The van der Waals surface area contributed by atoms with Crippen LogP contribution >= 0.6 is 0 Å². The van der Waals surface area contributed by atoms with Crippen LogP contribution in [0.25, 0.3) is 0 Å². The van der Waals surface area contributed by atoms with E-state index in [-0.39, 0.29) is 53.6 Å². The van der Waals surface area contributed by atoms with Gasteiger partial charge in [0.2, 0.25) is 0 Å². The van der Waals surface area contributed by atoms with Crippen molar-refractivity contribution in [1.29, 1.82) is 0 Å². The maximum atomic E-state index is 14.2. The molecular formula is C32H40O8. The molecule has 0 aromatic heterocycles. The van der Waals surface area contributed by atoms with Crippen molar-refractivity contribution in [3.63, 3.8) is 0 Å². The first-order valence-corrected chi connectivity index (χ1v) is 14.8. The summed E-state index contributed by atoms with van der Waals surface area (Å²) in [7, 11) is 0. The number of ether oxygens (including phenoxy) is 3. The number of carbonyl (C=O) groups excluding carboxylic acids is 3. The molecule has 0 amide bonds. The summed E-state index contributed by atoms with van der Waals surface area (Å²) in [5.41, 5.74) is 1.65. The molecular weight excluding hydrogens is 512 g/mol. The van der Waals surface area contributed by atoms with Gasteiger partial charge in [-0.2, -0.15) is 0 Å². The van der Waals surface area contributed by atoms with E-state index in [2.05, 4.69) is 26.5 Å². The van der Waals surface area contributed by atoms with Gasteiger partial charge in [0.25, 0.3) is 0 Å². The van der Waals surface area contributed by atoms with Crippen LogP contribution in [0.5, 0.6) is 0 Å². The molecule has 216 valence electrons. The molecule has 8 heteroatoms. The molecule has 0 radical (unpaired) electrons. The number of aliphatic hydroxyl groups is 2. The Bertz CT molecular complexity index is 1310. The van der Waals surface area contributed by atoms with Crippen LogP contribution in [0.2, 0.25) is 0 Å². The van der Waals surface area contributed by atoms with E-state index in [0.717, 1.165) is 11.1 Å². The number of rotatable bonds is 1. The van der Waals surface area contributed by atoms with E-state index in [0.29, 0.717) is 37.7 Å². The molecule has 3 saturated carbocycles. The van der Waals surface area contributed by atoms with Crippen molar-refractivity contribution in [3.05, 3.63) is 34.9 Å². The minimum Gasteiger partial charge on any atom is -0.461 e.